The molecule has 100 valence electrons. The van der Waals surface area contributed by atoms with Gasteiger partial charge in [0.2, 0.25) is 0 Å². The van der Waals surface area contributed by atoms with Crippen molar-refractivity contribution in [3.8, 4) is 22.6 Å². The molecule has 0 bridgehead atoms. The van der Waals surface area contributed by atoms with E-state index in [1.54, 1.807) is 0 Å². The van der Waals surface area contributed by atoms with Crippen molar-refractivity contribution in [2.75, 3.05) is 0 Å². The lowest BCUT2D eigenvalue weighted by Gasteiger charge is -2.02. The van der Waals surface area contributed by atoms with Crippen molar-refractivity contribution < 1.29 is 4.42 Å². The van der Waals surface area contributed by atoms with Crippen molar-refractivity contribution in [3.05, 3.63) is 58.0 Å². The number of hydrogen-bond donors (Lipinski definition) is 1. The molecule has 0 saturated heterocycles. The lowest BCUT2D eigenvalue weighted by atomic mass is 10.1. The second-order valence-electron chi connectivity index (χ2n) is 4.19. The molecule has 0 aliphatic carbocycles. The zero-order valence-corrected chi connectivity index (χ0v) is 13.4. The normalized spacial score (nSPS) is 10.8. The van der Waals surface area contributed by atoms with Crippen molar-refractivity contribution in [1.29, 1.82) is 0 Å². The Kier molecular flexibility index (Phi) is 3.87. The smallest absolute Gasteiger partial charge is 0.253 e. The van der Waals surface area contributed by atoms with E-state index in [0.29, 0.717) is 16.0 Å². The van der Waals surface area contributed by atoms with Gasteiger partial charge in [0.1, 0.15) is 5.69 Å². The molecule has 0 aliphatic heterocycles. The standard InChI is InChI=1S/C15H9BrClNOS/c16-11-5-1-10(2-6-11)14-13(18-15(20)19-14)9-3-7-12(17)8-4-9/h1-8H,(H,18,20). The maximum atomic E-state index is 5.91. The fraction of sp³-hybridized carbons (Fsp3) is 0. The summed E-state index contributed by atoms with van der Waals surface area (Å²) in [5.74, 6) is 0.699. The average molecular weight is 367 g/mol. The quantitative estimate of drug-likeness (QED) is 0.588. The van der Waals surface area contributed by atoms with E-state index in [0.717, 1.165) is 21.3 Å². The number of oxazole rings is 1. The topological polar surface area (TPSA) is 26.0 Å². The molecule has 0 atom stereocenters. The molecule has 3 rings (SSSR count). The Bertz CT molecular complexity index is 675. The van der Waals surface area contributed by atoms with E-state index in [9.17, 15) is 0 Å². The summed E-state index contributed by atoms with van der Waals surface area (Å²) in [4.78, 5) is 4.35. The van der Waals surface area contributed by atoms with E-state index in [2.05, 4.69) is 33.5 Å². The predicted octanol–water partition coefficient (Wildman–Crippen LogP) is 5.71. The summed E-state index contributed by atoms with van der Waals surface area (Å²) < 4.78 is 6.64. The summed E-state index contributed by atoms with van der Waals surface area (Å²) in [6, 6.07) is 15.3. The highest BCUT2D eigenvalue weighted by molar-refractivity contribution is 9.10. The molecule has 0 aliphatic rings. The molecule has 0 saturated carbocycles. The highest BCUT2D eigenvalue weighted by Gasteiger charge is 2.15. The van der Waals surface area contributed by atoms with Crippen LogP contribution in [0.15, 0.2) is 62.6 Å². The van der Waals surface area contributed by atoms with Crippen LogP contribution in [-0.4, -0.2) is 4.98 Å². The van der Waals surface area contributed by atoms with Crippen molar-refractivity contribution in [1.82, 2.24) is 4.98 Å². The first-order chi connectivity index (χ1) is 9.63. The maximum absolute atomic E-state index is 5.91. The lowest BCUT2D eigenvalue weighted by Crippen LogP contribution is -1.82. The van der Waals surface area contributed by atoms with Crippen LogP contribution in [0.4, 0.5) is 0 Å². The van der Waals surface area contributed by atoms with Crippen LogP contribution in [0.3, 0.4) is 0 Å². The average Bonchev–Trinajstić information content (AvgIpc) is 2.82. The molecule has 1 aromatic heterocycles. The molecule has 20 heavy (non-hydrogen) atoms. The van der Waals surface area contributed by atoms with Gasteiger partial charge < -0.3 is 4.42 Å². The number of aromatic nitrogens is 1. The van der Waals surface area contributed by atoms with Gasteiger partial charge in [-0.2, -0.15) is 0 Å². The van der Waals surface area contributed by atoms with Gasteiger partial charge in [-0.1, -0.05) is 64.4 Å². The second kappa shape index (κ2) is 5.64. The number of hydrogen-bond acceptors (Lipinski definition) is 3. The monoisotopic (exact) mass is 365 g/mol. The van der Waals surface area contributed by atoms with Crippen LogP contribution in [0, 0.1) is 0 Å². The zero-order chi connectivity index (χ0) is 14.1. The minimum absolute atomic E-state index is 0.341. The van der Waals surface area contributed by atoms with E-state index in [4.69, 9.17) is 16.0 Å². The van der Waals surface area contributed by atoms with Crippen LogP contribution in [0.2, 0.25) is 5.02 Å². The SMILES string of the molecule is Sc1nc(-c2ccc(Cl)cc2)c(-c2ccc(Br)cc2)o1. The van der Waals surface area contributed by atoms with E-state index >= 15 is 0 Å². The minimum Gasteiger partial charge on any atom is -0.431 e. The fourth-order valence-electron chi connectivity index (χ4n) is 1.91. The van der Waals surface area contributed by atoms with E-state index < -0.39 is 0 Å². The predicted molar refractivity (Wildman–Crippen MR) is 87.3 cm³/mol. The molecule has 5 heteroatoms. The van der Waals surface area contributed by atoms with E-state index in [1.165, 1.54) is 0 Å². The Morgan fingerprint density at radius 2 is 1.55 bits per heavy atom. The zero-order valence-electron chi connectivity index (χ0n) is 10.2. The Balaban J connectivity index is 2.12. The molecule has 0 radical (unpaired) electrons. The van der Waals surface area contributed by atoms with Crippen molar-refractivity contribution in [2.24, 2.45) is 0 Å². The third-order valence-corrected chi connectivity index (χ3v) is 3.81. The highest BCUT2D eigenvalue weighted by Crippen LogP contribution is 2.34. The maximum Gasteiger partial charge on any atom is 0.253 e. The molecular weight excluding hydrogens is 358 g/mol. The van der Waals surface area contributed by atoms with Crippen LogP contribution >= 0.6 is 40.2 Å². The van der Waals surface area contributed by atoms with Crippen molar-refractivity contribution >= 4 is 40.2 Å². The number of halogens is 2. The summed E-state index contributed by atoms with van der Waals surface area (Å²) in [6.45, 7) is 0. The number of benzene rings is 2. The summed E-state index contributed by atoms with van der Waals surface area (Å²) in [5.41, 5.74) is 2.65. The third kappa shape index (κ3) is 2.77. The number of rotatable bonds is 2. The van der Waals surface area contributed by atoms with Crippen LogP contribution in [0.5, 0.6) is 0 Å². The Morgan fingerprint density at radius 1 is 0.950 bits per heavy atom. The van der Waals surface area contributed by atoms with Gasteiger partial charge in [0.15, 0.2) is 5.76 Å². The van der Waals surface area contributed by atoms with Crippen molar-refractivity contribution in [3.63, 3.8) is 0 Å². The van der Waals surface area contributed by atoms with Gasteiger partial charge in [0.05, 0.1) is 0 Å². The Morgan fingerprint density at radius 3 is 2.20 bits per heavy atom. The van der Waals surface area contributed by atoms with Crippen LogP contribution in [-0.2, 0) is 0 Å². The van der Waals surface area contributed by atoms with Gasteiger partial charge in [-0.15, -0.1) is 0 Å². The largest absolute Gasteiger partial charge is 0.431 e. The van der Waals surface area contributed by atoms with Crippen LogP contribution in [0.1, 0.15) is 0 Å². The molecule has 0 unspecified atom stereocenters. The molecule has 2 aromatic carbocycles. The third-order valence-electron chi connectivity index (χ3n) is 2.84. The Hall–Kier alpha value is -1.23. The van der Waals surface area contributed by atoms with Gasteiger partial charge >= 0.3 is 0 Å². The summed E-state index contributed by atoms with van der Waals surface area (Å²) in [5, 5.41) is 1.03. The summed E-state index contributed by atoms with van der Waals surface area (Å²) >= 11 is 13.5. The first-order valence-electron chi connectivity index (χ1n) is 5.85. The molecular formula is C15H9BrClNOS. The molecule has 2 nitrogen and oxygen atoms in total. The number of thiol groups is 1. The van der Waals surface area contributed by atoms with Crippen molar-refractivity contribution in [2.45, 2.75) is 5.22 Å². The van der Waals surface area contributed by atoms with E-state index in [1.807, 2.05) is 48.5 Å². The molecule has 0 N–H and O–H groups in total. The second-order valence-corrected chi connectivity index (χ2v) is 5.92. The summed E-state index contributed by atoms with van der Waals surface area (Å²) in [7, 11) is 0. The molecule has 3 aromatic rings. The summed E-state index contributed by atoms with van der Waals surface area (Å²) in [6.07, 6.45) is 0. The van der Waals surface area contributed by atoms with Gasteiger partial charge in [-0.3, -0.25) is 0 Å². The Labute approximate surface area is 135 Å². The van der Waals surface area contributed by atoms with Crippen LogP contribution < -0.4 is 0 Å². The van der Waals surface area contributed by atoms with E-state index in [-0.39, 0.29) is 0 Å². The van der Waals surface area contributed by atoms with Crippen LogP contribution in [0.25, 0.3) is 22.6 Å². The fourth-order valence-corrected chi connectivity index (χ4v) is 2.49. The van der Waals surface area contributed by atoms with Gasteiger partial charge in [-0.05, 0) is 24.3 Å². The minimum atomic E-state index is 0.341. The van der Waals surface area contributed by atoms with Gasteiger partial charge in [0, 0.05) is 20.6 Å². The molecule has 1 heterocycles. The lowest BCUT2D eigenvalue weighted by molar-refractivity contribution is 0.468. The highest BCUT2D eigenvalue weighted by atomic mass is 79.9. The first kappa shape index (κ1) is 13.7. The molecule has 0 fully saturated rings. The molecule has 0 spiro atoms. The molecule has 0 amide bonds. The number of nitrogens with zero attached hydrogens (tertiary/aromatic N) is 1. The van der Waals surface area contributed by atoms with Gasteiger partial charge in [-0.25, -0.2) is 4.98 Å². The van der Waals surface area contributed by atoms with Gasteiger partial charge in [0.25, 0.3) is 5.22 Å². The first-order valence-corrected chi connectivity index (χ1v) is 7.47.